The SMILES string of the molecule is CCC(C(=O)O)S(=O)(=O)Cc1cccc([N+](=O)[O-])c1C. The van der Waals surface area contributed by atoms with Gasteiger partial charge < -0.3 is 5.11 Å². The summed E-state index contributed by atoms with van der Waals surface area (Å²) in [5, 5.41) is 18.2. The molecule has 0 heterocycles. The van der Waals surface area contributed by atoms with Crippen molar-refractivity contribution in [3.8, 4) is 0 Å². The zero-order valence-electron chi connectivity index (χ0n) is 11.1. The molecule has 0 bridgehead atoms. The van der Waals surface area contributed by atoms with Crippen molar-refractivity contribution in [2.75, 3.05) is 0 Å². The Morgan fingerprint density at radius 3 is 2.50 bits per heavy atom. The molecule has 1 unspecified atom stereocenters. The van der Waals surface area contributed by atoms with E-state index >= 15 is 0 Å². The lowest BCUT2D eigenvalue weighted by Gasteiger charge is -2.12. The summed E-state index contributed by atoms with van der Waals surface area (Å²) in [5.41, 5.74) is 0.307. The maximum absolute atomic E-state index is 12.1. The van der Waals surface area contributed by atoms with E-state index in [0.29, 0.717) is 0 Å². The Balaban J connectivity index is 3.20. The molecule has 20 heavy (non-hydrogen) atoms. The van der Waals surface area contributed by atoms with Crippen LogP contribution in [0.2, 0.25) is 0 Å². The predicted octanol–water partition coefficient (Wildman–Crippen LogP) is 1.68. The van der Waals surface area contributed by atoms with Crippen molar-refractivity contribution in [3.05, 3.63) is 39.4 Å². The standard InChI is InChI=1S/C12H15NO6S/c1-3-11(12(14)15)20(18,19)7-9-5-4-6-10(8(9)2)13(16)17/h4-6,11H,3,7H2,1-2H3,(H,14,15). The van der Waals surface area contributed by atoms with E-state index in [2.05, 4.69) is 0 Å². The molecule has 7 nitrogen and oxygen atoms in total. The highest BCUT2D eigenvalue weighted by molar-refractivity contribution is 7.92. The smallest absolute Gasteiger partial charge is 0.321 e. The summed E-state index contributed by atoms with van der Waals surface area (Å²) in [6.07, 6.45) is -0.0500. The van der Waals surface area contributed by atoms with E-state index in [0.717, 1.165) is 0 Å². The van der Waals surface area contributed by atoms with Gasteiger partial charge in [-0.05, 0) is 18.9 Å². The van der Waals surface area contributed by atoms with Gasteiger partial charge in [-0.2, -0.15) is 0 Å². The van der Waals surface area contributed by atoms with Gasteiger partial charge in [0.1, 0.15) is 0 Å². The van der Waals surface area contributed by atoms with Crippen molar-refractivity contribution in [3.63, 3.8) is 0 Å². The number of benzene rings is 1. The van der Waals surface area contributed by atoms with Gasteiger partial charge in [0.2, 0.25) is 0 Å². The Bertz CT molecular complexity index is 637. The number of aliphatic carboxylic acids is 1. The highest BCUT2D eigenvalue weighted by atomic mass is 32.2. The monoisotopic (exact) mass is 301 g/mol. The number of carbonyl (C=O) groups is 1. The molecular formula is C12H15NO6S. The number of hydrogen-bond donors (Lipinski definition) is 1. The first-order chi connectivity index (χ1) is 9.20. The number of nitro benzene ring substituents is 1. The van der Waals surface area contributed by atoms with E-state index < -0.39 is 31.7 Å². The summed E-state index contributed by atoms with van der Waals surface area (Å²) in [5.74, 6) is -1.93. The minimum Gasteiger partial charge on any atom is -0.480 e. The molecular weight excluding hydrogens is 286 g/mol. The first-order valence-electron chi connectivity index (χ1n) is 5.88. The number of carboxylic acid groups (broad SMARTS) is 1. The quantitative estimate of drug-likeness (QED) is 0.631. The third-order valence-corrected chi connectivity index (χ3v) is 5.17. The van der Waals surface area contributed by atoms with E-state index in [9.17, 15) is 23.3 Å². The largest absolute Gasteiger partial charge is 0.480 e. The van der Waals surface area contributed by atoms with Crippen LogP contribution in [0.3, 0.4) is 0 Å². The Morgan fingerprint density at radius 2 is 2.05 bits per heavy atom. The van der Waals surface area contributed by atoms with Gasteiger partial charge in [-0.25, -0.2) is 8.42 Å². The van der Waals surface area contributed by atoms with Crippen LogP contribution in [0.5, 0.6) is 0 Å². The summed E-state index contributed by atoms with van der Waals surface area (Å²) in [6, 6.07) is 4.12. The highest BCUT2D eigenvalue weighted by Gasteiger charge is 2.31. The molecule has 0 aliphatic carbocycles. The van der Waals surface area contributed by atoms with Gasteiger partial charge in [-0.1, -0.05) is 19.1 Å². The second kappa shape index (κ2) is 6.00. The molecule has 1 aromatic rings. The molecule has 0 fully saturated rings. The average Bonchev–Trinajstić information content (AvgIpc) is 2.30. The number of rotatable bonds is 6. The lowest BCUT2D eigenvalue weighted by Crippen LogP contribution is -2.30. The van der Waals surface area contributed by atoms with Crippen molar-refractivity contribution < 1.29 is 23.2 Å². The molecule has 0 aliphatic rings. The first-order valence-corrected chi connectivity index (χ1v) is 7.59. The third-order valence-electron chi connectivity index (χ3n) is 3.05. The number of sulfone groups is 1. The van der Waals surface area contributed by atoms with Gasteiger partial charge in [0, 0.05) is 11.6 Å². The lowest BCUT2D eigenvalue weighted by atomic mass is 10.1. The van der Waals surface area contributed by atoms with Gasteiger partial charge in [0.25, 0.3) is 5.69 Å². The van der Waals surface area contributed by atoms with Crippen molar-refractivity contribution in [1.29, 1.82) is 0 Å². The lowest BCUT2D eigenvalue weighted by molar-refractivity contribution is -0.385. The normalized spacial score (nSPS) is 12.9. The number of carboxylic acids is 1. The van der Waals surface area contributed by atoms with Crippen LogP contribution in [0.4, 0.5) is 5.69 Å². The molecule has 0 amide bonds. The molecule has 0 saturated heterocycles. The fraction of sp³-hybridized carbons (Fsp3) is 0.417. The van der Waals surface area contributed by atoms with Crippen LogP contribution in [-0.2, 0) is 20.4 Å². The number of hydrogen-bond acceptors (Lipinski definition) is 5. The molecule has 1 rings (SSSR count). The zero-order chi connectivity index (χ0) is 15.5. The topological polar surface area (TPSA) is 115 Å². The minimum atomic E-state index is -3.91. The average molecular weight is 301 g/mol. The summed E-state index contributed by atoms with van der Waals surface area (Å²) in [7, 11) is -3.91. The van der Waals surface area contributed by atoms with Crippen LogP contribution < -0.4 is 0 Å². The fourth-order valence-corrected chi connectivity index (χ4v) is 3.69. The van der Waals surface area contributed by atoms with Crippen LogP contribution in [0.25, 0.3) is 0 Å². The Morgan fingerprint density at radius 1 is 1.45 bits per heavy atom. The van der Waals surface area contributed by atoms with Crippen molar-refractivity contribution in [1.82, 2.24) is 0 Å². The first kappa shape index (κ1) is 16.1. The van der Waals surface area contributed by atoms with E-state index in [1.165, 1.54) is 32.0 Å². The molecule has 0 aromatic heterocycles. The molecule has 1 aromatic carbocycles. The molecule has 0 saturated carbocycles. The Kier molecular flexibility index (Phi) is 4.83. The summed E-state index contributed by atoms with van der Waals surface area (Å²) >= 11 is 0. The highest BCUT2D eigenvalue weighted by Crippen LogP contribution is 2.24. The van der Waals surface area contributed by atoms with Gasteiger partial charge in [-0.15, -0.1) is 0 Å². The van der Waals surface area contributed by atoms with Crippen molar-refractivity contribution in [2.24, 2.45) is 0 Å². The number of nitro groups is 1. The van der Waals surface area contributed by atoms with Gasteiger partial charge in [0.15, 0.2) is 15.1 Å². The van der Waals surface area contributed by atoms with Crippen LogP contribution in [0.15, 0.2) is 18.2 Å². The predicted molar refractivity (Wildman–Crippen MR) is 72.2 cm³/mol. The van der Waals surface area contributed by atoms with E-state index in [1.54, 1.807) is 0 Å². The van der Waals surface area contributed by atoms with E-state index in [1.807, 2.05) is 0 Å². The summed E-state index contributed by atoms with van der Waals surface area (Å²) in [4.78, 5) is 21.1. The summed E-state index contributed by atoms with van der Waals surface area (Å²) < 4.78 is 24.1. The second-order valence-electron chi connectivity index (χ2n) is 4.36. The fourth-order valence-electron chi connectivity index (χ4n) is 1.92. The van der Waals surface area contributed by atoms with Crippen LogP contribution >= 0.6 is 0 Å². The molecule has 0 radical (unpaired) electrons. The van der Waals surface area contributed by atoms with Gasteiger partial charge in [-0.3, -0.25) is 14.9 Å². The van der Waals surface area contributed by atoms with Crippen LogP contribution in [0, 0.1) is 17.0 Å². The van der Waals surface area contributed by atoms with Crippen LogP contribution in [-0.4, -0.2) is 29.7 Å². The number of nitrogens with zero attached hydrogens (tertiary/aromatic N) is 1. The van der Waals surface area contributed by atoms with Gasteiger partial charge >= 0.3 is 5.97 Å². The van der Waals surface area contributed by atoms with Gasteiger partial charge in [0.05, 0.1) is 10.7 Å². The van der Waals surface area contributed by atoms with Crippen LogP contribution in [0.1, 0.15) is 24.5 Å². The molecule has 110 valence electrons. The molecule has 0 spiro atoms. The molecule has 0 aliphatic heterocycles. The van der Waals surface area contributed by atoms with E-state index in [-0.39, 0.29) is 23.2 Å². The van der Waals surface area contributed by atoms with Crippen molar-refractivity contribution in [2.45, 2.75) is 31.3 Å². The summed E-state index contributed by atoms with van der Waals surface area (Å²) in [6.45, 7) is 2.92. The Labute approximate surface area is 116 Å². The third kappa shape index (κ3) is 3.32. The molecule has 1 N–H and O–H groups in total. The molecule has 8 heteroatoms. The maximum atomic E-state index is 12.1. The minimum absolute atomic E-state index is 0.0500. The Hall–Kier alpha value is -1.96. The maximum Gasteiger partial charge on any atom is 0.321 e. The van der Waals surface area contributed by atoms with E-state index in [4.69, 9.17) is 5.11 Å². The zero-order valence-corrected chi connectivity index (χ0v) is 11.9. The second-order valence-corrected chi connectivity index (χ2v) is 6.54. The van der Waals surface area contributed by atoms with Crippen molar-refractivity contribution >= 4 is 21.5 Å². The molecule has 1 atom stereocenters.